The summed E-state index contributed by atoms with van der Waals surface area (Å²) in [4.78, 5) is 29.2. The highest BCUT2D eigenvalue weighted by atomic mass is 32.2. The molecule has 0 saturated heterocycles. The minimum Gasteiger partial charge on any atom is -0.497 e. The maximum Gasteiger partial charge on any atom is 0.264 e. The predicted octanol–water partition coefficient (Wildman–Crippen LogP) is 5.23. The maximum absolute atomic E-state index is 14.2. The standard InChI is InChI=1S/C32H41N3O5S/c1-8-29(31(37)33-32(4,5)6)34(21-25-14-16-27(40-7)17-15-25)30(36)22-35(26-19-23(2)18-24(3)20-26)41(38,39)28-12-10-9-11-13-28/h9-20,29H,8,21-22H2,1-7H3,(H,33,37). The van der Waals surface area contributed by atoms with Gasteiger partial charge in [-0.1, -0.05) is 43.3 Å². The Morgan fingerprint density at radius 3 is 2.02 bits per heavy atom. The van der Waals surface area contributed by atoms with Gasteiger partial charge in [-0.05, 0) is 94.1 Å². The number of carbonyl (C=O) groups excluding carboxylic acids is 2. The first kappa shape index (κ1) is 31.7. The van der Waals surface area contributed by atoms with E-state index in [9.17, 15) is 18.0 Å². The molecule has 3 rings (SSSR count). The molecular weight excluding hydrogens is 538 g/mol. The number of aryl methyl sites for hydroxylation is 2. The molecule has 0 fully saturated rings. The Hall–Kier alpha value is -3.85. The molecule has 0 saturated carbocycles. The number of sulfonamides is 1. The molecule has 41 heavy (non-hydrogen) atoms. The molecular formula is C32H41N3O5S. The number of nitrogens with one attached hydrogen (secondary N) is 1. The van der Waals surface area contributed by atoms with Crippen LogP contribution in [0.15, 0.2) is 77.7 Å². The first-order chi connectivity index (χ1) is 19.2. The summed E-state index contributed by atoms with van der Waals surface area (Å²) in [5, 5.41) is 2.98. The lowest BCUT2D eigenvalue weighted by molar-refractivity contribution is -0.141. The van der Waals surface area contributed by atoms with Crippen molar-refractivity contribution >= 4 is 27.5 Å². The van der Waals surface area contributed by atoms with Gasteiger partial charge in [0.05, 0.1) is 17.7 Å². The van der Waals surface area contributed by atoms with Crippen molar-refractivity contribution in [3.63, 3.8) is 0 Å². The highest BCUT2D eigenvalue weighted by Crippen LogP contribution is 2.27. The minimum absolute atomic E-state index is 0.0752. The number of hydrogen-bond donors (Lipinski definition) is 1. The number of nitrogens with zero attached hydrogens (tertiary/aromatic N) is 2. The predicted molar refractivity (Wildman–Crippen MR) is 162 cm³/mol. The molecule has 0 bridgehead atoms. The second-order valence-corrected chi connectivity index (χ2v) is 13.1. The molecule has 1 N–H and O–H groups in total. The quantitative estimate of drug-likeness (QED) is 0.336. The molecule has 0 aliphatic heterocycles. The fourth-order valence-corrected chi connectivity index (χ4v) is 6.06. The molecule has 0 radical (unpaired) electrons. The number of amides is 2. The summed E-state index contributed by atoms with van der Waals surface area (Å²) in [6.45, 7) is 10.9. The molecule has 220 valence electrons. The third-order valence-corrected chi connectivity index (χ3v) is 8.29. The second-order valence-electron chi connectivity index (χ2n) is 11.2. The topological polar surface area (TPSA) is 96.0 Å². The fourth-order valence-electron chi connectivity index (χ4n) is 4.64. The normalized spacial score (nSPS) is 12.4. The van der Waals surface area contributed by atoms with E-state index in [0.29, 0.717) is 17.9 Å². The van der Waals surface area contributed by atoms with Crippen LogP contribution in [0.4, 0.5) is 5.69 Å². The summed E-state index contributed by atoms with van der Waals surface area (Å²) < 4.78 is 34.3. The van der Waals surface area contributed by atoms with E-state index < -0.39 is 34.1 Å². The van der Waals surface area contributed by atoms with Gasteiger partial charge in [0.15, 0.2) is 0 Å². The number of benzene rings is 3. The van der Waals surface area contributed by atoms with Crippen molar-refractivity contribution in [3.8, 4) is 5.75 Å². The first-order valence-electron chi connectivity index (χ1n) is 13.7. The van der Waals surface area contributed by atoms with Gasteiger partial charge in [-0.3, -0.25) is 13.9 Å². The van der Waals surface area contributed by atoms with Gasteiger partial charge in [0.25, 0.3) is 10.0 Å². The summed E-state index contributed by atoms with van der Waals surface area (Å²) in [5.74, 6) is -0.125. The van der Waals surface area contributed by atoms with Gasteiger partial charge in [-0.15, -0.1) is 0 Å². The zero-order valence-electron chi connectivity index (χ0n) is 25.0. The van der Waals surface area contributed by atoms with E-state index in [1.54, 1.807) is 49.6 Å². The Morgan fingerprint density at radius 1 is 0.927 bits per heavy atom. The summed E-state index contributed by atoms with van der Waals surface area (Å²) >= 11 is 0. The Balaban J connectivity index is 2.09. The van der Waals surface area contributed by atoms with Gasteiger partial charge in [0.2, 0.25) is 11.8 Å². The summed E-state index contributed by atoms with van der Waals surface area (Å²) in [6, 6.07) is 19.9. The lowest BCUT2D eigenvalue weighted by Crippen LogP contribution is -2.55. The van der Waals surface area contributed by atoms with E-state index >= 15 is 0 Å². The molecule has 1 atom stereocenters. The SMILES string of the molecule is CCC(C(=O)NC(C)(C)C)N(Cc1ccc(OC)cc1)C(=O)CN(c1cc(C)cc(C)c1)S(=O)(=O)c1ccccc1. The smallest absolute Gasteiger partial charge is 0.264 e. The zero-order chi connectivity index (χ0) is 30.4. The average Bonchev–Trinajstić information content (AvgIpc) is 2.90. The van der Waals surface area contributed by atoms with Crippen LogP contribution in [0.2, 0.25) is 0 Å². The van der Waals surface area contributed by atoms with Crippen LogP contribution in [0.5, 0.6) is 5.75 Å². The van der Waals surface area contributed by atoms with Crippen molar-refractivity contribution in [2.24, 2.45) is 0 Å². The molecule has 3 aromatic rings. The molecule has 3 aromatic carbocycles. The number of rotatable bonds is 11. The third-order valence-electron chi connectivity index (χ3n) is 6.50. The number of hydrogen-bond acceptors (Lipinski definition) is 5. The Morgan fingerprint density at radius 2 is 1.51 bits per heavy atom. The zero-order valence-corrected chi connectivity index (χ0v) is 25.8. The highest BCUT2D eigenvalue weighted by Gasteiger charge is 2.34. The van der Waals surface area contributed by atoms with E-state index in [1.165, 1.54) is 17.0 Å². The van der Waals surface area contributed by atoms with Gasteiger partial charge >= 0.3 is 0 Å². The molecule has 0 aliphatic carbocycles. The van der Waals surface area contributed by atoms with Crippen molar-refractivity contribution in [1.29, 1.82) is 0 Å². The maximum atomic E-state index is 14.2. The van der Waals surface area contributed by atoms with Crippen LogP contribution in [-0.2, 0) is 26.2 Å². The van der Waals surface area contributed by atoms with E-state index in [2.05, 4.69) is 5.32 Å². The molecule has 0 aromatic heterocycles. The van der Waals surface area contributed by atoms with E-state index in [1.807, 2.05) is 59.7 Å². The molecule has 0 heterocycles. The number of anilines is 1. The first-order valence-corrected chi connectivity index (χ1v) is 15.1. The molecule has 8 nitrogen and oxygen atoms in total. The number of carbonyl (C=O) groups is 2. The molecule has 9 heteroatoms. The van der Waals surface area contributed by atoms with Crippen LogP contribution < -0.4 is 14.4 Å². The lowest BCUT2D eigenvalue weighted by atomic mass is 10.1. The molecule has 0 aliphatic rings. The van der Waals surface area contributed by atoms with Crippen molar-refractivity contribution in [2.45, 2.75) is 71.0 Å². The summed E-state index contributed by atoms with van der Waals surface area (Å²) in [5.41, 5.74) is 2.39. The van der Waals surface area contributed by atoms with Crippen LogP contribution >= 0.6 is 0 Å². The van der Waals surface area contributed by atoms with Crippen LogP contribution in [0, 0.1) is 13.8 Å². The van der Waals surface area contributed by atoms with Gasteiger partial charge in [-0.25, -0.2) is 8.42 Å². The van der Waals surface area contributed by atoms with E-state index in [-0.39, 0.29) is 17.3 Å². The van der Waals surface area contributed by atoms with Crippen molar-refractivity contribution in [2.75, 3.05) is 18.0 Å². The monoisotopic (exact) mass is 579 g/mol. The Kier molecular flexibility index (Phi) is 10.2. The van der Waals surface area contributed by atoms with Gasteiger partial charge in [0, 0.05) is 12.1 Å². The van der Waals surface area contributed by atoms with E-state index in [0.717, 1.165) is 21.0 Å². The lowest BCUT2D eigenvalue weighted by Gasteiger charge is -2.35. The highest BCUT2D eigenvalue weighted by molar-refractivity contribution is 7.92. The van der Waals surface area contributed by atoms with E-state index in [4.69, 9.17) is 4.74 Å². The molecule has 2 amide bonds. The average molecular weight is 580 g/mol. The van der Waals surface area contributed by atoms with Gasteiger partial charge < -0.3 is 15.0 Å². The number of methoxy groups -OCH3 is 1. The molecule has 0 spiro atoms. The van der Waals surface area contributed by atoms with Gasteiger partial charge in [0.1, 0.15) is 18.3 Å². The molecule has 1 unspecified atom stereocenters. The largest absolute Gasteiger partial charge is 0.497 e. The van der Waals surface area contributed by atoms with Crippen LogP contribution in [0.25, 0.3) is 0 Å². The summed E-state index contributed by atoms with van der Waals surface area (Å²) in [7, 11) is -2.54. The van der Waals surface area contributed by atoms with Crippen LogP contribution in [0.3, 0.4) is 0 Å². The van der Waals surface area contributed by atoms with Crippen LogP contribution in [-0.4, -0.2) is 50.4 Å². The number of ether oxygens (including phenoxy) is 1. The minimum atomic E-state index is -4.11. The Labute approximate surface area is 244 Å². The third kappa shape index (κ3) is 8.33. The summed E-state index contributed by atoms with van der Waals surface area (Å²) in [6.07, 6.45) is 0.346. The van der Waals surface area contributed by atoms with Crippen molar-refractivity contribution in [1.82, 2.24) is 10.2 Å². The second kappa shape index (κ2) is 13.2. The van der Waals surface area contributed by atoms with Crippen molar-refractivity contribution in [3.05, 3.63) is 89.5 Å². The van der Waals surface area contributed by atoms with Crippen LogP contribution in [0.1, 0.15) is 50.8 Å². The van der Waals surface area contributed by atoms with Gasteiger partial charge in [-0.2, -0.15) is 0 Å². The fraction of sp³-hybridized carbons (Fsp3) is 0.375. The Bertz CT molecular complexity index is 1430. The van der Waals surface area contributed by atoms with Crippen molar-refractivity contribution < 1.29 is 22.7 Å².